The average molecular weight is 837 g/mol. The molecule has 2 heterocycles. The van der Waals surface area contributed by atoms with Crippen LogP contribution >= 0.6 is 0 Å². The van der Waals surface area contributed by atoms with E-state index in [1.165, 1.54) is 8.61 Å². The summed E-state index contributed by atoms with van der Waals surface area (Å²) in [7, 11) is -8.83. The van der Waals surface area contributed by atoms with Crippen LogP contribution in [-0.4, -0.2) is 59.7 Å². The van der Waals surface area contributed by atoms with Gasteiger partial charge in [0.05, 0.1) is 21.9 Å². The van der Waals surface area contributed by atoms with Crippen molar-refractivity contribution in [3.63, 3.8) is 0 Å². The molecule has 2 fully saturated rings. The lowest BCUT2D eigenvalue weighted by Crippen LogP contribution is -2.43. The van der Waals surface area contributed by atoms with Gasteiger partial charge in [0.15, 0.2) is 0 Å². The molecule has 0 aliphatic carbocycles. The maximum atomic E-state index is 15.2. The number of rotatable bonds is 14. The Balaban J connectivity index is 1.69. The molecule has 2 aliphatic rings. The number of aliphatic carboxylic acids is 2. The van der Waals surface area contributed by atoms with Crippen LogP contribution in [0, 0.1) is 0 Å². The van der Waals surface area contributed by atoms with Crippen molar-refractivity contribution in [2.75, 3.05) is 0 Å². The summed E-state index contributed by atoms with van der Waals surface area (Å²) >= 11 is 0. The van der Waals surface area contributed by atoms with E-state index in [0.717, 1.165) is 11.1 Å². The van der Waals surface area contributed by atoms with E-state index in [2.05, 4.69) is 27.7 Å². The normalized spacial score (nSPS) is 21.1. The average Bonchev–Trinajstić information content (AvgIpc) is 3.81. The first-order valence-corrected chi connectivity index (χ1v) is 23.8. The van der Waals surface area contributed by atoms with Crippen LogP contribution < -0.4 is 0 Å². The zero-order valence-corrected chi connectivity index (χ0v) is 37.9. The molecule has 4 atom stereocenters. The van der Waals surface area contributed by atoms with Crippen molar-refractivity contribution in [1.82, 2.24) is 8.61 Å². The molecular formula is C46H64N2O8S2. The van der Waals surface area contributed by atoms with Gasteiger partial charge >= 0.3 is 11.9 Å². The number of carboxylic acids is 2. The highest BCUT2D eigenvalue weighted by atomic mass is 32.2. The quantitative estimate of drug-likeness (QED) is 0.163. The highest BCUT2D eigenvalue weighted by Gasteiger charge is 2.50. The minimum atomic E-state index is -4.41. The molecule has 2 saturated heterocycles. The highest BCUT2D eigenvalue weighted by Crippen LogP contribution is 2.48. The second-order valence-electron chi connectivity index (χ2n) is 18.2. The van der Waals surface area contributed by atoms with Crippen LogP contribution in [0.15, 0.2) is 58.3 Å². The molecule has 10 nitrogen and oxygen atoms in total. The van der Waals surface area contributed by atoms with Crippen LogP contribution in [0.1, 0.15) is 201 Å². The first-order chi connectivity index (χ1) is 26.9. The van der Waals surface area contributed by atoms with E-state index < -0.39 is 56.2 Å². The van der Waals surface area contributed by atoms with E-state index >= 15 is 16.8 Å². The van der Waals surface area contributed by atoms with Gasteiger partial charge in [0.25, 0.3) is 0 Å². The van der Waals surface area contributed by atoms with Crippen molar-refractivity contribution in [3.8, 4) is 0 Å². The Labute approximate surface area is 347 Å². The molecule has 1 unspecified atom stereocenters. The third-order valence-corrected chi connectivity index (χ3v) is 16.2. The van der Waals surface area contributed by atoms with Crippen molar-refractivity contribution in [2.45, 2.75) is 178 Å². The number of nitrogens with zero attached hydrogens (tertiary/aromatic N) is 2. The predicted octanol–water partition coefficient (Wildman–Crippen LogP) is 10.4. The maximum Gasteiger partial charge on any atom is 0.322 e. The van der Waals surface area contributed by atoms with Crippen molar-refractivity contribution in [2.24, 2.45) is 0 Å². The second-order valence-corrected chi connectivity index (χ2v) is 21.8. The van der Waals surface area contributed by atoms with E-state index in [-0.39, 0.29) is 71.0 Å². The second kappa shape index (κ2) is 17.2. The van der Waals surface area contributed by atoms with Gasteiger partial charge in [0.1, 0.15) is 12.1 Å². The molecule has 0 spiro atoms. The van der Waals surface area contributed by atoms with Gasteiger partial charge in [0.2, 0.25) is 20.0 Å². The lowest BCUT2D eigenvalue weighted by molar-refractivity contribution is -0.141. The van der Waals surface area contributed by atoms with Crippen molar-refractivity contribution in [1.29, 1.82) is 0 Å². The van der Waals surface area contributed by atoms with Gasteiger partial charge in [0, 0.05) is 0 Å². The number of carbonyl (C=O) groups is 2. The minimum Gasteiger partial charge on any atom is -0.480 e. The summed E-state index contributed by atoms with van der Waals surface area (Å²) in [4.78, 5) is 26.1. The monoisotopic (exact) mass is 836 g/mol. The first kappa shape index (κ1) is 45.5. The molecule has 0 bridgehead atoms. The van der Waals surface area contributed by atoms with Gasteiger partial charge in [-0.25, -0.2) is 16.8 Å². The van der Waals surface area contributed by atoms with Crippen LogP contribution in [0.2, 0.25) is 0 Å². The molecule has 3 aromatic carbocycles. The molecule has 0 aromatic heterocycles. The molecule has 2 N–H and O–H groups in total. The summed E-state index contributed by atoms with van der Waals surface area (Å²) in [6.45, 7) is 23.8. The van der Waals surface area contributed by atoms with E-state index in [1.54, 1.807) is 24.3 Å². The zero-order chi connectivity index (χ0) is 43.3. The lowest BCUT2D eigenvalue weighted by atomic mass is 9.89. The fourth-order valence-electron chi connectivity index (χ4n) is 8.90. The smallest absolute Gasteiger partial charge is 0.322 e. The maximum absolute atomic E-state index is 15.2. The Morgan fingerprint density at radius 2 is 0.793 bits per heavy atom. The van der Waals surface area contributed by atoms with Crippen molar-refractivity contribution >= 4 is 32.0 Å². The number of hydrogen-bond donors (Lipinski definition) is 2. The third kappa shape index (κ3) is 8.40. The Hall–Kier alpha value is -3.58. The van der Waals surface area contributed by atoms with Crippen LogP contribution in [0.25, 0.3) is 0 Å². The number of hydrogen-bond acceptors (Lipinski definition) is 6. The Morgan fingerprint density at radius 1 is 0.500 bits per heavy atom. The summed E-state index contributed by atoms with van der Waals surface area (Å²) in [5, 5.41) is 21.0. The summed E-state index contributed by atoms with van der Waals surface area (Å²) in [6.07, 6.45) is 0.656. The Morgan fingerprint density at radius 3 is 1.03 bits per heavy atom. The predicted molar refractivity (Wildman–Crippen MR) is 229 cm³/mol. The molecule has 5 rings (SSSR count). The summed E-state index contributed by atoms with van der Waals surface area (Å²) in [5.74, 6) is -2.84. The topological polar surface area (TPSA) is 149 Å². The van der Waals surface area contributed by atoms with E-state index in [4.69, 9.17) is 0 Å². The number of sulfonamides is 2. The summed E-state index contributed by atoms with van der Waals surface area (Å²) in [5.41, 5.74) is 5.67. The van der Waals surface area contributed by atoms with Gasteiger partial charge in [-0.1, -0.05) is 132 Å². The van der Waals surface area contributed by atoms with Crippen LogP contribution in [0.5, 0.6) is 0 Å². The molecule has 58 heavy (non-hydrogen) atoms. The largest absolute Gasteiger partial charge is 0.480 e. The molecule has 0 saturated carbocycles. The molecule has 12 heteroatoms. The molecule has 0 amide bonds. The van der Waals surface area contributed by atoms with Gasteiger partial charge in [-0.3, -0.25) is 9.59 Å². The van der Waals surface area contributed by atoms with Gasteiger partial charge in [-0.2, -0.15) is 8.61 Å². The summed E-state index contributed by atoms with van der Waals surface area (Å²) in [6, 6.07) is 10.4. The lowest BCUT2D eigenvalue weighted by Gasteiger charge is -2.33. The fourth-order valence-corrected chi connectivity index (χ4v) is 13.9. The van der Waals surface area contributed by atoms with Gasteiger partial charge < -0.3 is 10.2 Å². The van der Waals surface area contributed by atoms with Crippen molar-refractivity contribution < 1.29 is 36.6 Å². The van der Waals surface area contributed by atoms with Crippen LogP contribution in [-0.2, 0) is 29.6 Å². The molecular weight excluding hydrogens is 773 g/mol. The highest BCUT2D eigenvalue weighted by molar-refractivity contribution is 7.89. The van der Waals surface area contributed by atoms with Crippen molar-refractivity contribution in [3.05, 3.63) is 93.0 Å². The molecule has 318 valence electrons. The Bertz CT molecular complexity index is 2050. The van der Waals surface area contributed by atoms with Crippen LogP contribution in [0.3, 0.4) is 0 Å². The first-order valence-electron chi connectivity index (χ1n) is 20.9. The number of benzene rings is 3. The Kier molecular flexibility index (Phi) is 13.5. The third-order valence-electron chi connectivity index (χ3n) is 12.1. The SMILES string of the molecule is CC(C)c1cc(C(C)C)c(S(=O)(=O)N2C(C(=O)O)CC[C@@H]2c2cccc([C@H]3CC[C@@H](C(=O)O)N3S(=O)(=O)c3c(C(C)C)cc(C(C)C)cc3C(C)C)c2)c(C(C)C)c1. The molecule has 0 radical (unpaired) electrons. The van der Waals surface area contributed by atoms with Crippen LogP contribution in [0.4, 0.5) is 0 Å². The van der Waals surface area contributed by atoms with E-state index in [9.17, 15) is 19.8 Å². The summed E-state index contributed by atoms with van der Waals surface area (Å²) < 4.78 is 63.2. The molecule has 3 aromatic rings. The fraction of sp³-hybridized carbons (Fsp3) is 0.565. The standard InChI is InChI=1S/C46H64N2O8S2/c1-25(2)33-21-35(27(5)6)43(36(22-33)28(7)8)57(53,54)47-39(16-18-41(47)45(49)50)31-14-13-15-32(20-31)40-17-19-42(46(51)52)48(40)58(55,56)44-37(29(9)10)23-34(26(3)4)24-38(44)30(11)12/h13-15,20-30,39-42H,16-19H2,1-12H3,(H,49,50)(H,51,52)/t39-,40-,41+,42?/m1/s1. The molecule has 2 aliphatic heterocycles. The van der Waals surface area contributed by atoms with E-state index in [1.807, 2.05) is 79.7 Å². The van der Waals surface area contributed by atoms with E-state index in [0.29, 0.717) is 33.4 Å². The zero-order valence-electron chi connectivity index (χ0n) is 36.3. The van der Waals surface area contributed by atoms with Gasteiger partial charge in [-0.05, 0) is 106 Å². The minimum absolute atomic E-state index is 0.0922. The van der Waals surface area contributed by atoms with Gasteiger partial charge in [-0.15, -0.1) is 0 Å². The number of carboxylic acid groups (broad SMARTS) is 2.